The first-order chi connectivity index (χ1) is 10.2. The predicted octanol–water partition coefficient (Wildman–Crippen LogP) is 1.85. The highest BCUT2D eigenvalue weighted by molar-refractivity contribution is 7.11. The third-order valence-corrected chi connectivity index (χ3v) is 3.44. The normalized spacial score (nSPS) is 11.3. The van der Waals surface area contributed by atoms with Gasteiger partial charge in [0, 0.05) is 30.6 Å². The van der Waals surface area contributed by atoms with Gasteiger partial charge in [0.1, 0.15) is 5.01 Å². The van der Waals surface area contributed by atoms with Crippen LogP contribution in [0.15, 0.2) is 11.2 Å². The van der Waals surface area contributed by atoms with Crippen LogP contribution >= 0.6 is 11.3 Å². The van der Waals surface area contributed by atoms with E-state index >= 15 is 0 Å². The van der Waals surface area contributed by atoms with E-state index in [4.69, 9.17) is 4.74 Å². The van der Waals surface area contributed by atoms with Crippen LogP contribution in [-0.4, -0.2) is 36.6 Å². The largest absolute Gasteiger partial charge is 0.466 e. The second-order valence-corrected chi connectivity index (χ2v) is 5.71. The summed E-state index contributed by atoms with van der Waals surface area (Å²) in [5.41, 5.74) is 0. The fourth-order valence-electron chi connectivity index (χ4n) is 1.64. The predicted molar refractivity (Wildman–Crippen MR) is 85.5 cm³/mol. The lowest BCUT2D eigenvalue weighted by molar-refractivity contribution is -0.143. The fourth-order valence-corrected chi connectivity index (χ4v) is 2.35. The van der Waals surface area contributed by atoms with Gasteiger partial charge in [0.25, 0.3) is 0 Å². The smallest absolute Gasteiger partial charge is 0.305 e. The van der Waals surface area contributed by atoms with Crippen molar-refractivity contribution in [1.29, 1.82) is 0 Å². The van der Waals surface area contributed by atoms with Gasteiger partial charge in [-0.1, -0.05) is 0 Å². The van der Waals surface area contributed by atoms with E-state index in [1.54, 1.807) is 11.3 Å². The molecule has 2 N–H and O–H groups in total. The Kier molecular flexibility index (Phi) is 8.42. The molecule has 1 heterocycles. The third kappa shape index (κ3) is 7.65. The highest BCUT2D eigenvalue weighted by Gasteiger charge is 2.03. The van der Waals surface area contributed by atoms with Crippen molar-refractivity contribution >= 4 is 23.3 Å². The maximum atomic E-state index is 11.2. The summed E-state index contributed by atoms with van der Waals surface area (Å²) in [5, 5.41) is 7.37. The van der Waals surface area contributed by atoms with Crippen LogP contribution in [0.3, 0.4) is 0 Å². The number of aliphatic imine (C=N–C) groups is 1. The molecule has 0 amide bonds. The Labute approximate surface area is 130 Å². The number of nitrogens with zero attached hydrogens (tertiary/aromatic N) is 2. The first-order valence-electron chi connectivity index (χ1n) is 7.24. The number of hydrogen-bond donors (Lipinski definition) is 2. The summed E-state index contributed by atoms with van der Waals surface area (Å²) in [4.78, 5) is 21.2. The van der Waals surface area contributed by atoms with Gasteiger partial charge in [0.2, 0.25) is 0 Å². The molecule has 0 bridgehead atoms. The summed E-state index contributed by atoms with van der Waals surface area (Å²) < 4.78 is 4.88. The van der Waals surface area contributed by atoms with E-state index in [-0.39, 0.29) is 5.97 Å². The van der Waals surface area contributed by atoms with Crippen LogP contribution in [0.5, 0.6) is 0 Å². The van der Waals surface area contributed by atoms with Crippen LogP contribution in [0.1, 0.15) is 36.6 Å². The molecule has 1 rings (SSSR count). The molecule has 0 fully saturated rings. The zero-order chi connectivity index (χ0) is 15.5. The number of carbonyl (C=O) groups is 1. The topological polar surface area (TPSA) is 75.6 Å². The molecule has 0 unspecified atom stereocenters. The Morgan fingerprint density at radius 1 is 1.43 bits per heavy atom. The molecule has 118 valence electrons. The fraction of sp³-hybridized carbons (Fsp3) is 0.643. The van der Waals surface area contributed by atoms with Crippen molar-refractivity contribution in [3.8, 4) is 0 Å². The summed E-state index contributed by atoms with van der Waals surface area (Å²) in [5.74, 6) is 0.591. The standard InChI is InChI=1S/C14H24N4O2S/c1-4-15-14(16-8-6-7-13(19)20-5-2)18-10-12-17-9-11(3)21-12/h9H,4-8,10H2,1-3H3,(H2,15,16,18). The van der Waals surface area contributed by atoms with Gasteiger partial charge in [-0.15, -0.1) is 11.3 Å². The van der Waals surface area contributed by atoms with Crippen LogP contribution in [0.25, 0.3) is 0 Å². The van der Waals surface area contributed by atoms with Crippen molar-refractivity contribution in [1.82, 2.24) is 15.6 Å². The summed E-state index contributed by atoms with van der Waals surface area (Å²) >= 11 is 1.65. The molecule has 0 spiro atoms. The molecular weight excluding hydrogens is 288 g/mol. The van der Waals surface area contributed by atoms with Crippen LogP contribution in [-0.2, 0) is 16.1 Å². The molecule has 0 radical (unpaired) electrons. The second kappa shape index (κ2) is 10.1. The van der Waals surface area contributed by atoms with E-state index in [9.17, 15) is 4.79 Å². The molecule has 1 aromatic rings. The number of aromatic nitrogens is 1. The quantitative estimate of drug-likeness (QED) is 0.332. The minimum absolute atomic E-state index is 0.153. The Bertz CT molecular complexity index is 460. The highest BCUT2D eigenvalue weighted by Crippen LogP contribution is 2.11. The first-order valence-corrected chi connectivity index (χ1v) is 8.06. The van der Waals surface area contributed by atoms with Gasteiger partial charge in [-0.2, -0.15) is 0 Å². The monoisotopic (exact) mass is 312 g/mol. The van der Waals surface area contributed by atoms with Crippen LogP contribution in [0, 0.1) is 6.92 Å². The number of thiazole rings is 1. The summed E-state index contributed by atoms with van der Waals surface area (Å²) in [6, 6.07) is 0. The van der Waals surface area contributed by atoms with Gasteiger partial charge in [0.05, 0.1) is 13.2 Å². The lowest BCUT2D eigenvalue weighted by Crippen LogP contribution is -2.37. The summed E-state index contributed by atoms with van der Waals surface area (Å²) in [7, 11) is 0. The zero-order valence-electron chi connectivity index (χ0n) is 12.9. The molecule has 7 heteroatoms. The Balaban J connectivity index is 2.33. The van der Waals surface area contributed by atoms with Crippen LogP contribution < -0.4 is 10.6 Å². The van der Waals surface area contributed by atoms with Crippen LogP contribution in [0.2, 0.25) is 0 Å². The number of esters is 1. The van der Waals surface area contributed by atoms with Crippen molar-refractivity contribution in [3.05, 3.63) is 16.1 Å². The maximum absolute atomic E-state index is 11.2. The minimum atomic E-state index is -0.153. The highest BCUT2D eigenvalue weighted by atomic mass is 32.1. The van der Waals surface area contributed by atoms with E-state index in [1.807, 2.05) is 27.0 Å². The Hall–Kier alpha value is -1.63. The lowest BCUT2D eigenvalue weighted by atomic mass is 10.3. The third-order valence-electron chi connectivity index (χ3n) is 2.54. The van der Waals surface area contributed by atoms with E-state index in [1.165, 1.54) is 4.88 Å². The average Bonchev–Trinajstić information content (AvgIpc) is 2.87. The number of rotatable bonds is 8. The summed E-state index contributed by atoms with van der Waals surface area (Å²) in [6.07, 6.45) is 3.00. The Morgan fingerprint density at radius 3 is 2.86 bits per heavy atom. The van der Waals surface area contributed by atoms with E-state index < -0.39 is 0 Å². The van der Waals surface area contributed by atoms with Crippen LogP contribution in [0.4, 0.5) is 0 Å². The number of nitrogens with one attached hydrogen (secondary N) is 2. The molecule has 0 saturated carbocycles. The zero-order valence-corrected chi connectivity index (χ0v) is 13.8. The van der Waals surface area contributed by atoms with Crippen molar-refractivity contribution in [2.75, 3.05) is 19.7 Å². The minimum Gasteiger partial charge on any atom is -0.466 e. The lowest BCUT2D eigenvalue weighted by Gasteiger charge is -2.10. The number of hydrogen-bond acceptors (Lipinski definition) is 5. The van der Waals surface area contributed by atoms with Gasteiger partial charge in [-0.3, -0.25) is 4.79 Å². The van der Waals surface area contributed by atoms with Crippen molar-refractivity contribution in [2.45, 2.75) is 40.2 Å². The number of carbonyl (C=O) groups excluding carboxylic acids is 1. The Morgan fingerprint density at radius 2 is 2.24 bits per heavy atom. The van der Waals surface area contributed by atoms with Crippen molar-refractivity contribution in [2.24, 2.45) is 4.99 Å². The SMILES string of the molecule is CCNC(=NCc1ncc(C)s1)NCCCC(=O)OCC. The van der Waals surface area contributed by atoms with Crippen molar-refractivity contribution in [3.63, 3.8) is 0 Å². The molecule has 0 atom stereocenters. The van der Waals surface area contributed by atoms with Gasteiger partial charge in [-0.05, 0) is 27.2 Å². The number of ether oxygens (including phenoxy) is 1. The average molecular weight is 312 g/mol. The summed E-state index contributed by atoms with van der Waals surface area (Å²) in [6.45, 7) is 8.33. The molecule has 0 aliphatic carbocycles. The molecule has 0 aliphatic heterocycles. The first kappa shape index (κ1) is 17.4. The maximum Gasteiger partial charge on any atom is 0.305 e. The van der Waals surface area contributed by atoms with Crippen molar-refractivity contribution < 1.29 is 9.53 Å². The molecular formula is C14H24N4O2S. The molecule has 1 aromatic heterocycles. The number of aryl methyl sites for hydroxylation is 1. The molecule has 0 aliphatic rings. The van der Waals surface area contributed by atoms with Gasteiger partial charge in [-0.25, -0.2) is 9.98 Å². The molecule has 6 nitrogen and oxygen atoms in total. The van der Waals surface area contributed by atoms with Gasteiger partial charge >= 0.3 is 5.97 Å². The molecule has 0 aromatic carbocycles. The van der Waals surface area contributed by atoms with E-state index in [0.717, 1.165) is 23.9 Å². The van der Waals surface area contributed by atoms with Gasteiger partial charge < -0.3 is 15.4 Å². The molecule has 21 heavy (non-hydrogen) atoms. The second-order valence-electron chi connectivity index (χ2n) is 4.40. The van der Waals surface area contributed by atoms with Gasteiger partial charge in [0.15, 0.2) is 5.96 Å². The van der Waals surface area contributed by atoms with E-state index in [2.05, 4.69) is 20.6 Å². The van der Waals surface area contributed by atoms with E-state index in [0.29, 0.717) is 26.1 Å². The molecule has 0 saturated heterocycles. The number of guanidine groups is 1.